The summed E-state index contributed by atoms with van der Waals surface area (Å²) in [6, 6.07) is 16.2. The Morgan fingerprint density at radius 1 is 1.12 bits per heavy atom. The zero-order valence-corrected chi connectivity index (χ0v) is 16.0. The van der Waals surface area contributed by atoms with Crippen molar-refractivity contribution in [2.45, 2.75) is 6.54 Å². The molecular formula is C18H21ClN2O4S. The third-order valence-corrected chi connectivity index (χ3v) is 5.02. The van der Waals surface area contributed by atoms with E-state index < -0.39 is 15.9 Å². The summed E-state index contributed by atoms with van der Waals surface area (Å²) in [4.78, 5) is 12.1. The number of hydrogen-bond donors (Lipinski definition) is 1. The van der Waals surface area contributed by atoms with Crippen LogP contribution in [0.2, 0.25) is 5.02 Å². The van der Waals surface area contributed by atoms with Crippen molar-refractivity contribution in [3.05, 3.63) is 65.2 Å². The Balaban J connectivity index is 1.82. The van der Waals surface area contributed by atoms with Gasteiger partial charge in [-0.15, -0.1) is 0 Å². The summed E-state index contributed by atoms with van der Waals surface area (Å²) in [5.41, 5.74) is 0.813. The highest BCUT2D eigenvalue weighted by atomic mass is 35.5. The van der Waals surface area contributed by atoms with E-state index in [9.17, 15) is 13.2 Å². The van der Waals surface area contributed by atoms with Crippen LogP contribution in [0.15, 0.2) is 54.6 Å². The first kappa shape index (κ1) is 20.2. The summed E-state index contributed by atoms with van der Waals surface area (Å²) < 4.78 is 30.5. The van der Waals surface area contributed by atoms with Crippen molar-refractivity contribution in [1.82, 2.24) is 9.62 Å². The van der Waals surface area contributed by atoms with Crippen LogP contribution in [0.25, 0.3) is 0 Å². The van der Waals surface area contributed by atoms with Crippen LogP contribution >= 0.6 is 11.6 Å². The Kier molecular flexibility index (Phi) is 7.44. The molecule has 1 N–H and O–H groups in total. The van der Waals surface area contributed by atoms with Crippen molar-refractivity contribution in [3.63, 3.8) is 0 Å². The SMILES string of the molecule is CS(=O)(=O)N(CC(=O)NCCOc1ccccc1Cl)Cc1ccccc1. The minimum atomic E-state index is -3.51. The molecule has 1 amide bonds. The van der Waals surface area contributed by atoms with E-state index in [-0.39, 0.29) is 26.2 Å². The maximum absolute atomic E-state index is 12.1. The maximum Gasteiger partial charge on any atom is 0.235 e. The number of nitrogens with zero attached hydrogens (tertiary/aromatic N) is 1. The maximum atomic E-state index is 12.1. The van der Waals surface area contributed by atoms with Gasteiger partial charge in [0.05, 0.1) is 24.4 Å². The molecule has 0 atom stereocenters. The second-order valence-corrected chi connectivity index (χ2v) is 8.04. The molecule has 6 nitrogen and oxygen atoms in total. The molecule has 2 aromatic carbocycles. The first-order valence-corrected chi connectivity index (χ1v) is 10.2. The van der Waals surface area contributed by atoms with E-state index >= 15 is 0 Å². The van der Waals surface area contributed by atoms with Gasteiger partial charge in [0.2, 0.25) is 15.9 Å². The quantitative estimate of drug-likeness (QED) is 0.660. The smallest absolute Gasteiger partial charge is 0.235 e. The monoisotopic (exact) mass is 396 g/mol. The first-order chi connectivity index (χ1) is 12.4. The van der Waals surface area contributed by atoms with Gasteiger partial charge in [-0.2, -0.15) is 4.31 Å². The fourth-order valence-electron chi connectivity index (χ4n) is 2.21. The Hall–Kier alpha value is -2.09. The van der Waals surface area contributed by atoms with Gasteiger partial charge in [-0.1, -0.05) is 54.1 Å². The molecule has 8 heteroatoms. The molecule has 0 radical (unpaired) electrons. The lowest BCUT2D eigenvalue weighted by atomic mass is 10.2. The summed E-state index contributed by atoms with van der Waals surface area (Å²) in [5.74, 6) is 0.138. The molecule has 26 heavy (non-hydrogen) atoms. The van der Waals surface area contributed by atoms with E-state index in [1.165, 1.54) is 0 Å². The van der Waals surface area contributed by atoms with Gasteiger partial charge in [0.1, 0.15) is 12.4 Å². The number of amides is 1. The van der Waals surface area contributed by atoms with E-state index in [1.807, 2.05) is 30.3 Å². The van der Waals surface area contributed by atoms with E-state index in [0.29, 0.717) is 10.8 Å². The van der Waals surface area contributed by atoms with Gasteiger partial charge in [0.25, 0.3) is 0 Å². The fraction of sp³-hybridized carbons (Fsp3) is 0.278. The van der Waals surface area contributed by atoms with Gasteiger partial charge in [0.15, 0.2) is 0 Å². The lowest BCUT2D eigenvalue weighted by Gasteiger charge is -2.19. The number of rotatable bonds is 9. The van der Waals surface area contributed by atoms with E-state index in [1.54, 1.807) is 24.3 Å². The van der Waals surface area contributed by atoms with Gasteiger partial charge < -0.3 is 10.1 Å². The zero-order chi connectivity index (χ0) is 19.0. The minimum Gasteiger partial charge on any atom is -0.490 e. The van der Waals surface area contributed by atoms with Crippen molar-refractivity contribution in [2.75, 3.05) is 26.0 Å². The molecule has 0 unspecified atom stereocenters. The third-order valence-electron chi connectivity index (χ3n) is 3.51. The molecule has 0 saturated heterocycles. The highest BCUT2D eigenvalue weighted by Gasteiger charge is 2.20. The second-order valence-electron chi connectivity index (χ2n) is 5.65. The molecule has 0 aromatic heterocycles. The number of para-hydroxylation sites is 1. The first-order valence-electron chi connectivity index (χ1n) is 7.99. The topological polar surface area (TPSA) is 75.7 Å². The average molecular weight is 397 g/mol. The number of carbonyl (C=O) groups is 1. The summed E-state index contributed by atoms with van der Waals surface area (Å²) >= 11 is 5.98. The van der Waals surface area contributed by atoms with E-state index in [2.05, 4.69) is 5.32 Å². The summed E-state index contributed by atoms with van der Waals surface area (Å²) in [5, 5.41) is 3.14. The number of sulfonamides is 1. The molecule has 2 rings (SSSR count). The molecular weight excluding hydrogens is 376 g/mol. The van der Waals surface area contributed by atoms with Crippen LogP contribution in [-0.4, -0.2) is 44.6 Å². The van der Waals surface area contributed by atoms with Crippen molar-refractivity contribution >= 4 is 27.5 Å². The molecule has 0 fully saturated rings. The van der Waals surface area contributed by atoms with Gasteiger partial charge in [0, 0.05) is 6.54 Å². The molecule has 0 aliphatic heterocycles. The summed E-state index contributed by atoms with van der Waals surface area (Å²) in [6.45, 7) is 0.364. The van der Waals surface area contributed by atoms with Crippen molar-refractivity contribution in [3.8, 4) is 5.75 Å². The largest absolute Gasteiger partial charge is 0.490 e. The van der Waals surface area contributed by atoms with Crippen LogP contribution in [0.5, 0.6) is 5.75 Å². The van der Waals surface area contributed by atoms with Gasteiger partial charge >= 0.3 is 0 Å². The Labute approximate surface area is 158 Å². The highest BCUT2D eigenvalue weighted by molar-refractivity contribution is 7.88. The van der Waals surface area contributed by atoms with Crippen LogP contribution in [0.1, 0.15) is 5.56 Å². The van der Waals surface area contributed by atoms with Crippen LogP contribution in [0, 0.1) is 0 Å². The van der Waals surface area contributed by atoms with Crippen LogP contribution < -0.4 is 10.1 Å². The van der Waals surface area contributed by atoms with Crippen LogP contribution in [-0.2, 0) is 21.4 Å². The van der Waals surface area contributed by atoms with Crippen molar-refractivity contribution in [2.24, 2.45) is 0 Å². The van der Waals surface area contributed by atoms with Crippen LogP contribution in [0.3, 0.4) is 0 Å². The molecule has 2 aromatic rings. The van der Waals surface area contributed by atoms with E-state index in [4.69, 9.17) is 16.3 Å². The van der Waals surface area contributed by atoms with E-state index in [0.717, 1.165) is 16.1 Å². The Morgan fingerprint density at radius 2 is 1.77 bits per heavy atom. The second kappa shape index (κ2) is 9.56. The summed E-state index contributed by atoms with van der Waals surface area (Å²) in [6.07, 6.45) is 1.09. The third kappa shape index (κ3) is 6.67. The van der Waals surface area contributed by atoms with Gasteiger partial charge in [-0.25, -0.2) is 8.42 Å². The Bertz CT molecular complexity index is 828. The predicted molar refractivity (Wildman–Crippen MR) is 102 cm³/mol. The average Bonchev–Trinajstić information content (AvgIpc) is 2.60. The lowest BCUT2D eigenvalue weighted by Crippen LogP contribution is -2.40. The lowest BCUT2D eigenvalue weighted by molar-refractivity contribution is -0.121. The fourth-order valence-corrected chi connectivity index (χ4v) is 3.13. The summed E-state index contributed by atoms with van der Waals surface area (Å²) in [7, 11) is -3.51. The number of halogens is 1. The predicted octanol–water partition coefficient (Wildman–Crippen LogP) is 2.30. The molecule has 0 saturated carbocycles. The molecule has 0 bridgehead atoms. The Morgan fingerprint density at radius 3 is 2.42 bits per heavy atom. The zero-order valence-electron chi connectivity index (χ0n) is 14.4. The molecule has 0 aliphatic rings. The highest BCUT2D eigenvalue weighted by Crippen LogP contribution is 2.22. The molecule has 140 valence electrons. The van der Waals surface area contributed by atoms with Gasteiger partial charge in [-0.05, 0) is 17.7 Å². The number of carbonyl (C=O) groups excluding carboxylic acids is 1. The molecule has 0 aliphatic carbocycles. The number of hydrogen-bond acceptors (Lipinski definition) is 4. The molecule has 0 spiro atoms. The van der Waals surface area contributed by atoms with Crippen molar-refractivity contribution in [1.29, 1.82) is 0 Å². The van der Waals surface area contributed by atoms with Crippen LogP contribution in [0.4, 0.5) is 0 Å². The minimum absolute atomic E-state index is 0.142. The number of nitrogens with one attached hydrogen (secondary N) is 1. The molecule has 0 heterocycles. The normalized spacial score (nSPS) is 11.3. The number of ether oxygens (including phenoxy) is 1. The van der Waals surface area contributed by atoms with Gasteiger partial charge in [-0.3, -0.25) is 4.79 Å². The van der Waals surface area contributed by atoms with Crippen molar-refractivity contribution < 1.29 is 17.9 Å². The standard InChI is InChI=1S/C18H21ClN2O4S/c1-26(23,24)21(13-15-7-3-2-4-8-15)14-18(22)20-11-12-25-17-10-6-5-9-16(17)19/h2-10H,11-14H2,1H3,(H,20,22). The number of benzene rings is 2.